The van der Waals surface area contributed by atoms with Crippen molar-refractivity contribution in [3.8, 4) is 5.75 Å². The van der Waals surface area contributed by atoms with Crippen molar-refractivity contribution in [2.45, 2.75) is 38.3 Å². The Morgan fingerprint density at radius 1 is 0.857 bits per heavy atom. The fraction of sp³-hybridized carbons (Fsp3) is 0.188. The Hall–Kier alpha value is -4.05. The predicted octanol–water partition coefficient (Wildman–Crippen LogP) is 6.81. The van der Waals surface area contributed by atoms with Crippen LogP contribution in [0.4, 0.5) is 4.39 Å². The summed E-state index contributed by atoms with van der Waals surface area (Å²) in [4.78, 5) is 12.8. The van der Waals surface area contributed by atoms with Gasteiger partial charge in [0.2, 0.25) is 10.0 Å². The van der Waals surface area contributed by atoms with Gasteiger partial charge < -0.3 is 4.74 Å². The van der Waals surface area contributed by atoms with Gasteiger partial charge in [0.05, 0.1) is 17.2 Å². The van der Waals surface area contributed by atoms with Gasteiger partial charge in [-0.15, -0.1) is 0 Å². The number of rotatable bonds is 12. The van der Waals surface area contributed by atoms with E-state index in [1.165, 1.54) is 40.7 Å². The number of hydrazone groups is 1. The number of ether oxygens (including phenoxy) is 1. The molecule has 1 amide bonds. The van der Waals surface area contributed by atoms with E-state index in [2.05, 4.69) is 10.5 Å². The van der Waals surface area contributed by atoms with Crippen LogP contribution in [0.15, 0.2) is 107 Å². The van der Waals surface area contributed by atoms with Crippen LogP contribution in [0.25, 0.3) is 0 Å². The van der Waals surface area contributed by atoms with Crippen LogP contribution in [0.1, 0.15) is 47.3 Å². The van der Waals surface area contributed by atoms with Crippen molar-refractivity contribution in [2.75, 3.05) is 6.61 Å². The van der Waals surface area contributed by atoms with Gasteiger partial charge in [0.15, 0.2) is 0 Å². The highest BCUT2D eigenvalue weighted by molar-refractivity contribution is 7.89. The summed E-state index contributed by atoms with van der Waals surface area (Å²) < 4.78 is 47.4. The van der Waals surface area contributed by atoms with E-state index in [0.29, 0.717) is 34.0 Å². The smallest absolute Gasteiger partial charge is 0.271 e. The van der Waals surface area contributed by atoms with E-state index in [-0.39, 0.29) is 18.0 Å². The molecule has 4 aromatic carbocycles. The Kier molecular flexibility index (Phi) is 10.5. The third kappa shape index (κ3) is 8.25. The van der Waals surface area contributed by atoms with Crippen LogP contribution in [0.2, 0.25) is 5.02 Å². The predicted molar refractivity (Wildman–Crippen MR) is 163 cm³/mol. The van der Waals surface area contributed by atoms with Gasteiger partial charge in [-0.1, -0.05) is 42.8 Å². The van der Waals surface area contributed by atoms with Crippen molar-refractivity contribution in [3.05, 3.63) is 130 Å². The van der Waals surface area contributed by atoms with Crippen LogP contribution in [0, 0.1) is 5.82 Å². The van der Waals surface area contributed by atoms with E-state index < -0.39 is 21.7 Å². The van der Waals surface area contributed by atoms with Gasteiger partial charge >= 0.3 is 0 Å². The summed E-state index contributed by atoms with van der Waals surface area (Å²) in [6.07, 6.45) is 0.923. The monoisotopic (exact) mass is 607 g/mol. The Labute approximate surface area is 250 Å². The zero-order chi connectivity index (χ0) is 30.1. The number of nitrogens with zero attached hydrogens (tertiary/aromatic N) is 2. The summed E-state index contributed by atoms with van der Waals surface area (Å²) in [5.74, 6) is -0.0374. The second-order valence-electron chi connectivity index (χ2n) is 9.56. The summed E-state index contributed by atoms with van der Waals surface area (Å²) in [6.45, 7) is 4.53. The third-order valence-electron chi connectivity index (χ3n) is 6.37. The fourth-order valence-corrected chi connectivity index (χ4v) is 5.56. The Balaban J connectivity index is 1.46. The van der Waals surface area contributed by atoms with E-state index >= 15 is 0 Å². The van der Waals surface area contributed by atoms with E-state index in [1.807, 2.05) is 31.2 Å². The molecule has 10 heteroatoms. The minimum absolute atomic E-state index is 0.0210. The molecule has 0 saturated heterocycles. The maximum absolute atomic E-state index is 13.5. The first-order chi connectivity index (χ1) is 20.2. The number of hydrogen-bond acceptors (Lipinski definition) is 5. The van der Waals surface area contributed by atoms with Crippen LogP contribution < -0.4 is 10.2 Å². The lowest BCUT2D eigenvalue weighted by Crippen LogP contribution is -2.30. The first-order valence-corrected chi connectivity index (χ1v) is 15.1. The second kappa shape index (κ2) is 14.2. The molecule has 0 aliphatic carbocycles. The Bertz CT molecular complexity index is 1630. The highest BCUT2D eigenvalue weighted by atomic mass is 35.5. The van der Waals surface area contributed by atoms with E-state index in [0.717, 1.165) is 17.7 Å². The minimum Gasteiger partial charge on any atom is -0.494 e. The van der Waals surface area contributed by atoms with Crippen LogP contribution >= 0.6 is 11.6 Å². The summed E-state index contributed by atoms with van der Waals surface area (Å²) in [5, 5.41) is 4.63. The maximum Gasteiger partial charge on any atom is 0.271 e. The van der Waals surface area contributed by atoms with Crippen molar-refractivity contribution >= 4 is 33.2 Å². The molecule has 0 aromatic heterocycles. The molecule has 4 aromatic rings. The van der Waals surface area contributed by atoms with Crippen molar-refractivity contribution < 1.29 is 22.3 Å². The number of amides is 1. The maximum atomic E-state index is 13.5. The second-order valence-corrected chi connectivity index (χ2v) is 11.9. The fourth-order valence-electron chi connectivity index (χ4n) is 4.02. The molecule has 0 radical (unpaired) electrons. The van der Waals surface area contributed by atoms with Gasteiger partial charge in [-0.25, -0.2) is 18.2 Å². The molecule has 0 unspecified atom stereocenters. The van der Waals surface area contributed by atoms with Gasteiger partial charge in [0.1, 0.15) is 11.6 Å². The summed E-state index contributed by atoms with van der Waals surface area (Å²) >= 11 is 5.96. The molecule has 0 atom stereocenters. The van der Waals surface area contributed by atoms with Crippen LogP contribution in [0.5, 0.6) is 5.75 Å². The van der Waals surface area contributed by atoms with Gasteiger partial charge in [-0.3, -0.25) is 4.79 Å². The quantitative estimate of drug-likeness (QED) is 0.141. The van der Waals surface area contributed by atoms with Crippen LogP contribution in [0.3, 0.4) is 0 Å². The van der Waals surface area contributed by atoms with E-state index in [4.69, 9.17) is 16.3 Å². The van der Waals surface area contributed by atoms with Gasteiger partial charge in [-0.2, -0.15) is 9.41 Å². The number of sulfonamides is 1. The molecule has 218 valence electrons. The van der Waals surface area contributed by atoms with Gasteiger partial charge in [-0.05, 0) is 103 Å². The average molecular weight is 608 g/mol. The number of hydrogen-bond donors (Lipinski definition) is 1. The number of halogens is 2. The summed E-state index contributed by atoms with van der Waals surface area (Å²) in [5.41, 5.74) is 5.69. The molecule has 0 aliphatic rings. The molecule has 0 spiro atoms. The minimum atomic E-state index is -3.93. The zero-order valence-corrected chi connectivity index (χ0v) is 24.8. The molecule has 7 nitrogen and oxygen atoms in total. The van der Waals surface area contributed by atoms with Crippen molar-refractivity contribution in [1.29, 1.82) is 0 Å². The Morgan fingerprint density at radius 3 is 1.98 bits per heavy atom. The van der Waals surface area contributed by atoms with Gasteiger partial charge in [0.25, 0.3) is 5.91 Å². The summed E-state index contributed by atoms with van der Waals surface area (Å²) in [6, 6.07) is 25.7. The SMILES string of the molecule is CCCOc1ccc(/C(C)=N\NC(=O)c2ccc(CN(Cc3ccc(F)cc3)S(=O)(=O)c3ccc(Cl)cc3)cc2)cc1. The van der Waals surface area contributed by atoms with Crippen molar-refractivity contribution in [3.63, 3.8) is 0 Å². The Morgan fingerprint density at radius 2 is 1.40 bits per heavy atom. The average Bonchev–Trinajstić information content (AvgIpc) is 3.00. The normalized spacial score (nSPS) is 11.9. The topological polar surface area (TPSA) is 88.1 Å². The lowest BCUT2D eigenvalue weighted by molar-refractivity contribution is 0.0954. The molecule has 1 N–H and O–H groups in total. The first-order valence-electron chi connectivity index (χ1n) is 13.3. The van der Waals surface area contributed by atoms with E-state index in [1.54, 1.807) is 43.3 Å². The molecule has 0 fully saturated rings. The first kappa shape index (κ1) is 30.9. The summed E-state index contributed by atoms with van der Waals surface area (Å²) in [7, 11) is -3.93. The lowest BCUT2D eigenvalue weighted by atomic mass is 10.1. The molecule has 0 heterocycles. The third-order valence-corrected chi connectivity index (χ3v) is 8.43. The molecule has 4 rings (SSSR count). The molecule has 0 saturated carbocycles. The largest absolute Gasteiger partial charge is 0.494 e. The molecule has 0 bridgehead atoms. The van der Waals surface area contributed by atoms with Crippen molar-refractivity contribution in [2.24, 2.45) is 5.10 Å². The van der Waals surface area contributed by atoms with Crippen LogP contribution in [-0.4, -0.2) is 30.9 Å². The van der Waals surface area contributed by atoms with Crippen LogP contribution in [-0.2, 0) is 23.1 Å². The number of benzene rings is 4. The van der Waals surface area contributed by atoms with E-state index in [9.17, 15) is 17.6 Å². The molecule has 0 aliphatic heterocycles. The number of nitrogens with one attached hydrogen (secondary N) is 1. The number of carbonyl (C=O) groups is 1. The zero-order valence-electron chi connectivity index (χ0n) is 23.3. The van der Waals surface area contributed by atoms with Gasteiger partial charge in [0, 0.05) is 23.7 Å². The lowest BCUT2D eigenvalue weighted by Gasteiger charge is -2.23. The molecular formula is C32H31ClFN3O4S. The molecular weight excluding hydrogens is 577 g/mol. The highest BCUT2D eigenvalue weighted by Crippen LogP contribution is 2.23. The highest BCUT2D eigenvalue weighted by Gasteiger charge is 2.25. The van der Waals surface area contributed by atoms with Crippen molar-refractivity contribution in [1.82, 2.24) is 9.73 Å². The molecule has 42 heavy (non-hydrogen) atoms. The standard InChI is InChI=1S/C32H31ClFN3O4S/c1-3-20-41-30-16-10-26(11-17-30)23(2)35-36-32(38)27-8-4-24(5-9-27)21-37(22-25-6-14-29(34)15-7-25)42(39,40)31-18-12-28(33)13-19-31/h4-19H,3,20-22H2,1-2H3,(H,36,38)/b35-23-. The number of carbonyl (C=O) groups excluding carboxylic acids is 1.